The third-order valence-corrected chi connectivity index (χ3v) is 7.73. The molecule has 1 aromatic rings. The van der Waals surface area contributed by atoms with E-state index in [9.17, 15) is 33.9 Å². The fourth-order valence-corrected chi connectivity index (χ4v) is 6.39. The number of imide groups is 6. The Morgan fingerprint density at radius 1 is 0.944 bits per heavy atom. The zero-order valence-corrected chi connectivity index (χ0v) is 19.2. The van der Waals surface area contributed by atoms with Crippen LogP contribution in [-0.2, 0) is 19.2 Å². The number of carbonyl (C=O) groups is 6. The molecule has 1 aromatic carbocycles. The molecule has 12 heteroatoms. The Bertz CT molecular complexity index is 1270. The van der Waals surface area contributed by atoms with E-state index in [4.69, 9.17) is 16.2 Å². The second kappa shape index (κ2) is 8.18. The van der Waals surface area contributed by atoms with Crippen LogP contribution in [-0.4, -0.2) is 57.2 Å². The Morgan fingerprint density at radius 3 is 2.17 bits per heavy atom. The molecule has 5 N–H and O–H groups in total. The molecule has 6 atom stereocenters. The van der Waals surface area contributed by atoms with Crippen molar-refractivity contribution in [3.63, 3.8) is 0 Å². The predicted molar refractivity (Wildman–Crippen MR) is 120 cm³/mol. The lowest BCUT2D eigenvalue weighted by molar-refractivity contribution is -0.138. The van der Waals surface area contributed by atoms with Crippen LogP contribution in [0.15, 0.2) is 29.8 Å². The van der Waals surface area contributed by atoms with Crippen LogP contribution in [0.2, 0.25) is 0 Å². The van der Waals surface area contributed by atoms with Crippen LogP contribution in [0.5, 0.6) is 11.5 Å². The lowest BCUT2D eigenvalue weighted by atomic mass is 9.57. The number of ether oxygens (including phenoxy) is 1. The Kier molecular flexibility index (Phi) is 5.34. The fraction of sp³-hybridized carbons (Fsp3) is 0.417. The summed E-state index contributed by atoms with van der Waals surface area (Å²) in [6.45, 7) is 1.99. The average molecular weight is 496 g/mol. The quantitative estimate of drug-likeness (QED) is 0.400. The predicted octanol–water partition coefficient (Wildman–Crippen LogP) is 0.584. The standard InChI is InChI=1S/C24H24N4O8/c1-2-36-15-7-9(3-6-14(15)29)16-10-4-5-11-17(21(32)27(19(11)30)23(25)34)12(10)8-13-18(16)22(33)28(20(13)31)24(26)35/h3-4,6-7,11-13,16-18,29H,2,5,8H2,1H3,(H2,25,34)(H2,26,35)/t11-,12+,13+,16-,17-,18+/m0/s1. The molecule has 0 aromatic heterocycles. The summed E-state index contributed by atoms with van der Waals surface area (Å²) < 4.78 is 5.50. The van der Waals surface area contributed by atoms with Gasteiger partial charge >= 0.3 is 12.1 Å². The van der Waals surface area contributed by atoms with E-state index in [2.05, 4.69) is 0 Å². The highest BCUT2D eigenvalue weighted by Crippen LogP contribution is 2.58. The molecule has 4 aliphatic rings. The van der Waals surface area contributed by atoms with Gasteiger partial charge in [-0.25, -0.2) is 9.59 Å². The second-order valence-corrected chi connectivity index (χ2v) is 9.38. The van der Waals surface area contributed by atoms with Crippen molar-refractivity contribution in [1.29, 1.82) is 0 Å². The van der Waals surface area contributed by atoms with Crippen LogP contribution in [0.3, 0.4) is 0 Å². The van der Waals surface area contributed by atoms with E-state index < -0.39 is 71.2 Å². The first-order valence-electron chi connectivity index (χ1n) is 11.6. The number of carbonyl (C=O) groups excluding carboxylic acids is 6. The van der Waals surface area contributed by atoms with Gasteiger partial charge in [0.25, 0.3) is 0 Å². The van der Waals surface area contributed by atoms with Gasteiger partial charge in [-0.2, -0.15) is 9.80 Å². The van der Waals surface area contributed by atoms with Crippen molar-refractivity contribution in [3.8, 4) is 11.5 Å². The highest BCUT2D eigenvalue weighted by molar-refractivity contribution is 6.18. The highest BCUT2D eigenvalue weighted by Gasteiger charge is 2.63. The number of nitrogens with zero attached hydrogens (tertiary/aromatic N) is 2. The number of allylic oxidation sites excluding steroid dienone is 2. The minimum absolute atomic E-state index is 0.0184. The first kappa shape index (κ1) is 23.5. The molecular formula is C24H24N4O8. The van der Waals surface area contributed by atoms with E-state index in [1.54, 1.807) is 25.1 Å². The number of phenols is 1. The Hall–Kier alpha value is -4.22. The first-order valence-corrected chi connectivity index (χ1v) is 11.6. The van der Waals surface area contributed by atoms with Crippen LogP contribution in [0.1, 0.15) is 31.2 Å². The smallest absolute Gasteiger partial charge is 0.328 e. The van der Waals surface area contributed by atoms with E-state index in [-0.39, 0.29) is 30.9 Å². The molecule has 8 amide bonds. The zero-order chi connectivity index (χ0) is 26.0. The minimum atomic E-state index is -1.19. The van der Waals surface area contributed by atoms with Gasteiger partial charge in [-0.05, 0) is 43.4 Å². The van der Waals surface area contributed by atoms with Gasteiger partial charge in [-0.1, -0.05) is 17.7 Å². The van der Waals surface area contributed by atoms with E-state index in [1.165, 1.54) is 6.07 Å². The van der Waals surface area contributed by atoms with E-state index in [0.29, 0.717) is 20.9 Å². The second-order valence-electron chi connectivity index (χ2n) is 9.38. The first-order chi connectivity index (χ1) is 17.1. The van der Waals surface area contributed by atoms with Gasteiger partial charge in [0, 0.05) is 5.92 Å². The molecule has 0 bridgehead atoms. The molecule has 0 radical (unpaired) electrons. The van der Waals surface area contributed by atoms with Gasteiger partial charge in [0.15, 0.2) is 11.5 Å². The summed E-state index contributed by atoms with van der Waals surface area (Å²) in [7, 11) is 0. The van der Waals surface area contributed by atoms with Crippen molar-refractivity contribution in [2.45, 2.75) is 25.7 Å². The molecule has 0 unspecified atom stereocenters. The number of urea groups is 2. The molecule has 2 saturated heterocycles. The number of hydrogen-bond acceptors (Lipinski definition) is 8. The zero-order valence-electron chi connectivity index (χ0n) is 19.2. The molecule has 12 nitrogen and oxygen atoms in total. The van der Waals surface area contributed by atoms with Crippen molar-refractivity contribution in [3.05, 3.63) is 35.4 Å². The van der Waals surface area contributed by atoms with Crippen molar-refractivity contribution in [2.75, 3.05) is 6.61 Å². The molecular weight excluding hydrogens is 472 g/mol. The number of amides is 8. The molecule has 36 heavy (non-hydrogen) atoms. The summed E-state index contributed by atoms with van der Waals surface area (Å²) in [6.07, 6.45) is 1.92. The van der Waals surface area contributed by atoms with Crippen LogP contribution in [0.4, 0.5) is 9.59 Å². The normalized spacial score (nSPS) is 31.1. The number of primary amides is 2. The number of rotatable bonds is 3. The van der Waals surface area contributed by atoms with Gasteiger partial charge in [0.1, 0.15) is 0 Å². The largest absolute Gasteiger partial charge is 0.504 e. The maximum atomic E-state index is 13.3. The Balaban J connectivity index is 1.66. The number of benzene rings is 1. The number of aromatic hydroxyl groups is 1. The summed E-state index contributed by atoms with van der Waals surface area (Å²) in [4.78, 5) is 77.1. The highest BCUT2D eigenvalue weighted by atomic mass is 16.5. The summed E-state index contributed by atoms with van der Waals surface area (Å²) in [5.41, 5.74) is 11.8. The van der Waals surface area contributed by atoms with Gasteiger partial charge < -0.3 is 21.3 Å². The van der Waals surface area contributed by atoms with Gasteiger partial charge in [0.2, 0.25) is 23.6 Å². The fourth-order valence-electron chi connectivity index (χ4n) is 6.39. The summed E-state index contributed by atoms with van der Waals surface area (Å²) in [5.74, 6) is -8.06. The van der Waals surface area contributed by atoms with Gasteiger partial charge in [-0.3, -0.25) is 19.2 Å². The summed E-state index contributed by atoms with van der Waals surface area (Å²) in [5, 5.41) is 10.2. The maximum Gasteiger partial charge on any atom is 0.328 e. The Labute approximate surface area is 204 Å². The van der Waals surface area contributed by atoms with Crippen molar-refractivity contribution in [1.82, 2.24) is 9.80 Å². The lowest BCUT2D eigenvalue weighted by Crippen LogP contribution is -2.44. The third kappa shape index (κ3) is 3.13. The summed E-state index contributed by atoms with van der Waals surface area (Å²) in [6, 6.07) is 2.17. The molecule has 3 fully saturated rings. The van der Waals surface area contributed by atoms with Crippen LogP contribution in [0.25, 0.3) is 0 Å². The van der Waals surface area contributed by atoms with Gasteiger partial charge in [-0.15, -0.1) is 0 Å². The molecule has 2 aliphatic carbocycles. The van der Waals surface area contributed by atoms with E-state index in [0.717, 1.165) is 0 Å². The number of nitrogens with two attached hydrogens (primary N) is 2. The number of hydrogen-bond donors (Lipinski definition) is 3. The molecule has 5 rings (SSSR count). The maximum absolute atomic E-state index is 13.3. The minimum Gasteiger partial charge on any atom is -0.504 e. The van der Waals surface area contributed by atoms with Crippen molar-refractivity contribution >= 4 is 35.7 Å². The number of phenolic OH excluding ortho intramolecular Hbond substituents is 1. The number of likely N-dealkylation sites (tertiary alicyclic amines) is 2. The monoisotopic (exact) mass is 496 g/mol. The molecule has 1 saturated carbocycles. The van der Waals surface area contributed by atoms with Crippen LogP contribution >= 0.6 is 0 Å². The SMILES string of the molecule is CCOc1cc([C@H]2C3=CC[C@@H]4C(=O)N(C(N)=O)C(=O)[C@@H]4[C@@H]3C[C@H]3C(=O)N(C(N)=O)C(=O)[C@@H]23)ccc1O. The number of fused-ring (bicyclic) bond motifs is 4. The lowest BCUT2D eigenvalue weighted by Gasteiger charge is -2.44. The Morgan fingerprint density at radius 2 is 1.56 bits per heavy atom. The summed E-state index contributed by atoms with van der Waals surface area (Å²) >= 11 is 0. The molecule has 2 aliphatic heterocycles. The van der Waals surface area contributed by atoms with Crippen molar-refractivity contribution in [2.24, 2.45) is 41.1 Å². The van der Waals surface area contributed by atoms with E-state index >= 15 is 0 Å². The van der Waals surface area contributed by atoms with Crippen LogP contribution < -0.4 is 16.2 Å². The van der Waals surface area contributed by atoms with Gasteiger partial charge in [0.05, 0.1) is 30.3 Å². The topological polar surface area (TPSA) is 190 Å². The molecule has 2 heterocycles. The third-order valence-electron chi connectivity index (χ3n) is 7.73. The average Bonchev–Trinajstić information content (AvgIpc) is 3.23. The van der Waals surface area contributed by atoms with Crippen molar-refractivity contribution < 1.29 is 38.6 Å². The molecule has 188 valence electrons. The van der Waals surface area contributed by atoms with Crippen LogP contribution in [0, 0.1) is 29.6 Å². The van der Waals surface area contributed by atoms with E-state index in [1.807, 2.05) is 0 Å². The molecule has 0 spiro atoms.